The van der Waals surface area contributed by atoms with Crippen LogP contribution in [0.3, 0.4) is 0 Å². The Hall–Kier alpha value is -0.190. The lowest BCUT2D eigenvalue weighted by Gasteiger charge is -2.28. The molecule has 7 heteroatoms. The van der Waals surface area contributed by atoms with Crippen LogP contribution in [0.4, 0.5) is 0 Å². The lowest BCUT2D eigenvalue weighted by molar-refractivity contribution is -0.152. The Labute approximate surface area is 97.8 Å². The molecule has 1 aliphatic rings. The number of carbonyl (C=O) groups is 2. The van der Waals surface area contributed by atoms with E-state index in [1.807, 2.05) is 6.92 Å². The van der Waals surface area contributed by atoms with Crippen LogP contribution in [0.5, 0.6) is 0 Å². The molecule has 82 valence electrons. The van der Waals surface area contributed by atoms with Crippen molar-refractivity contribution < 1.29 is 9.59 Å². The van der Waals surface area contributed by atoms with E-state index < -0.39 is 11.8 Å². The molecule has 0 saturated carbocycles. The molecule has 1 heterocycles. The van der Waals surface area contributed by atoms with Gasteiger partial charge in [0.25, 0.3) is 0 Å². The Morgan fingerprint density at radius 1 is 1.21 bits per heavy atom. The number of rotatable bonds is 1. The zero-order valence-corrected chi connectivity index (χ0v) is 9.94. The van der Waals surface area contributed by atoms with Gasteiger partial charge < -0.3 is 4.90 Å². The van der Waals surface area contributed by atoms with Crippen molar-refractivity contribution in [3.63, 3.8) is 0 Å². The highest BCUT2D eigenvalue weighted by Gasteiger charge is 2.30. The molecule has 0 aromatic rings. The third kappa shape index (κ3) is 3.90. The third-order valence-electron chi connectivity index (χ3n) is 1.64. The van der Waals surface area contributed by atoms with E-state index in [0.29, 0.717) is 19.6 Å². The average molecular weight is 262 g/mol. The lowest BCUT2D eigenvalue weighted by Crippen LogP contribution is -2.50. The molecule has 1 rings (SSSR count). The van der Waals surface area contributed by atoms with E-state index in [9.17, 15) is 9.59 Å². The van der Waals surface area contributed by atoms with Gasteiger partial charge in [0.05, 0.1) is 11.9 Å². The third-order valence-corrected chi connectivity index (χ3v) is 1.96. The molecule has 1 saturated heterocycles. The van der Waals surface area contributed by atoms with E-state index >= 15 is 0 Å². The summed E-state index contributed by atoms with van der Waals surface area (Å²) in [6, 6.07) is 0. The van der Waals surface area contributed by atoms with Crippen molar-refractivity contribution in [1.82, 2.24) is 9.32 Å². The summed E-state index contributed by atoms with van der Waals surface area (Å²) < 4.78 is 0.925. The van der Waals surface area contributed by atoms with Gasteiger partial charge in [-0.3, -0.25) is 9.59 Å². The van der Waals surface area contributed by atoms with Gasteiger partial charge in [-0.25, -0.2) is 4.42 Å². The summed E-state index contributed by atoms with van der Waals surface area (Å²) in [6.45, 7) is 3.34. The van der Waals surface area contributed by atoms with Crippen LogP contribution in [-0.4, -0.2) is 46.1 Å². The first kappa shape index (κ1) is 13.8. The molecule has 0 spiro atoms. The number of piperazine rings is 1. The molecular formula is C7H11Cl3N2O2. The molecule has 4 nitrogen and oxygen atoms in total. The molecule has 0 bridgehead atoms. The summed E-state index contributed by atoms with van der Waals surface area (Å²) >= 11 is 14.9. The normalized spacial score (nSPS) is 16.6. The van der Waals surface area contributed by atoms with Crippen LogP contribution in [0.15, 0.2) is 0 Å². The molecule has 1 fully saturated rings. The van der Waals surface area contributed by atoms with E-state index in [1.54, 1.807) is 0 Å². The van der Waals surface area contributed by atoms with Crippen LogP contribution >= 0.6 is 35.0 Å². The van der Waals surface area contributed by atoms with Gasteiger partial charge in [0.15, 0.2) is 0 Å². The molecule has 0 aliphatic carbocycles. The van der Waals surface area contributed by atoms with Crippen molar-refractivity contribution in [2.75, 3.05) is 25.0 Å². The Balaban J connectivity index is 0.000000500. The van der Waals surface area contributed by atoms with Gasteiger partial charge in [-0.05, 0) is 6.92 Å². The minimum atomic E-state index is -0.625. The van der Waals surface area contributed by atoms with E-state index in [4.69, 9.17) is 35.0 Å². The zero-order valence-electron chi connectivity index (χ0n) is 7.67. The highest BCUT2D eigenvalue weighted by Crippen LogP contribution is 2.06. The minimum absolute atomic E-state index is 0.194. The van der Waals surface area contributed by atoms with E-state index in [0.717, 1.165) is 4.42 Å². The van der Waals surface area contributed by atoms with E-state index in [2.05, 4.69) is 0 Å². The molecule has 2 amide bonds. The van der Waals surface area contributed by atoms with Gasteiger partial charge in [-0.1, -0.05) is 0 Å². The van der Waals surface area contributed by atoms with Gasteiger partial charge >= 0.3 is 11.8 Å². The van der Waals surface area contributed by atoms with Crippen molar-refractivity contribution >= 4 is 46.8 Å². The molecular weight excluding hydrogens is 250 g/mol. The van der Waals surface area contributed by atoms with Crippen molar-refractivity contribution in [2.45, 2.75) is 6.92 Å². The summed E-state index contributed by atoms with van der Waals surface area (Å²) in [6.07, 6.45) is 0. The highest BCUT2D eigenvalue weighted by atomic mass is 35.5. The number of halogens is 3. The molecule has 0 unspecified atom stereocenters. The fourth-order valence-corrected chi connectivity index (χ4v) is 1.10. The minimum Gasteiger partial charge on any atom is -0.333 e. The van der Waals surface area contributed by atoms with Gasteiger partial charge in [0.1, 0.15) is 0 Å². The van der Waals surface area contributed by atoms with Crippen LogP contribution in [0.1, 0.15) is 6.92 Å². The first-order valence-electron chi connectivity index (χ1n) is 3.96. The summed E-state index contributed by atoms with van der Waals surface area (Å²) in [5.41, 5.74) is 0. The predicted molar refractivity (Wildman–Crippen MR) is 56.4 cm³/mol. The average Bonchev–Trinajstić information content (AvgIpc) is 2.16. The predicted octanol–water partition coefficient (Wildman–Crippen LogP) is 1.25. The van der Waals surface area contributed by atoms with E-state index in [-0.39, 0.29) is 5.34 Å². The second-order valence-corrected chi connectivity index (χ2v) is 3.59. The number of likely N-dealkylation sites (N-methyl/N-ethyl adjacent to an activating group) is 1. The fourth-order valence-electron chi connectivity index (χ4n) is 0.952. The van der Waals surface area contributed by atoms with Gasteiger partial charge in [0, 0.05) is 24.9 Å². The maximum Gasteiger partial charge on any atom is 0.326 e. The molecule has 1 aliphatic heterocycles. The van der Waals surface area contributed by atoms with Crippen LogP contribution in [0.2, 0.25) is 0 Å². The Kier molecular flexibility index (Phi) is 7.05. The number of amides is 2. The summed E-state index contributed by atoms with van der Waals surface area (Å²) in [4.78, 5) is 23.4. The molecule has 0 aromatic heterocycles. The largest absolute Gasteiger partial charge is 0.333 e. The topological polar surface area (TPSA) is 40.6 Å². The van der Waals surface area contributed by atoms with Gasteiger partial charge in [-0.2, -0.15) is 0 Å². The second kappa shape index (κ2) is 7.15. The maximum atomic E-state index is 11.0. The fraction of sp³-hybridized carbons (Fsp3) is 0.714. The summed E-state index contributed by atoms with van der Waals surface area (Å²) in [7, 11) is 0. The van der Waals surface area contributed by atoms with Crippen LogP contribution in [0.25, 0.3) is 0 Å². The first-order valence-corrected chi connectivity index (χ1v) is 5.37. The number of carbonyl (C=O) groups excluding carboxylic acids is 2. The maximum absolute atomic E-state index is 11.0. The number of nitrogens with zero attached hydrogens (tertiary/aromatic N) is 2. The Bertz CT molecular complexity index is 213. The lowest BCUT2D eigenvalue weighted by atomic mass is 10.3. The van der Waals surface area contributed by atoms with Crippen molar-refractivity contribution in [1.29, 1.82) is 0 Å². The monoisotopic (exact) mass is 260 g/mol. The molecule has 0 atom stereocenters. The number of hydrogen-bond acceptors (Lipinski definition) is 2. The van der Waals surface area contributed by atoms with Crippen molar-refractivity contribution in [3.05, 3.63) is 0 Å². The molecule has 14 heavy (non-hydrogen) atoms. The van der Waals surface area contributed by atoms with Gasteiger partial charge in [-0.15, -0.1) is 23.2 Å². The highest BCUT2D eigenvalue weighted by molar-refractivity contribution is 6.42. The number of hydrogen-bond donors (Lipinski definition) is 0. The SMILES string of the molecule is CCN1CCN(Cl)C(=O)C1=O.ClCCl. The summed E-state index contributed by atoms with van der Waals surface area (Å²) in [5, 5.41) is 0.194. The van der Waals surface area contributed by atoms with Crippen molar-refractivity contribution in [2.24, 2.45) is 0 Å². The quantitative estimate of drug-likeness (QED) is 0.405. The van der Waals surface area contributed by atoms with Crippen LogP contribution in [0, 0.1) is 0 Å². The van der Waals surface area contributed by atoms with Crippen LogP contribution in [-0.2, 0) is 9.59 Å². The molecule has 0 N–H and O–H groups in total. The van der Waals surface area contributed by atoms with Crippen LogP contribution < -0.4 is 0 Å². The first-order chi connectivity index (χ1) is 6.58. The molecule has 0 radical (unpaired) electrons. The van der Waals surface area contributed by atoms with Crippen molar-refractivity contribution in [3.8, 4) is 0 Å². The van der Waals surface area contributed by atoms with E-state index in [1.165, 1.54) is 4.90 Å². The zero-order chi connectivity index (χ0) is 11.1. The Morgan fingerprint density at radius 3 is 2.14 bits per heavy atom. The summed E-state index contributed by atoms with van der Waals surface area (Å²) in [5.74, 6) is -1.13. The van der Waals surface area contributed by atoms with Gasteiger partial charge in [0.2, 0.25) is 0 Å². The smallest absolute Gasteiger partial charge is 0.326 e. The molecule has 0 aromatic carbocycles. The second-order valence-electron chi connectivity index (χ2n) is 2.38. The number of alkyl halides is 2. The Morgan fingerprint density at radius 2 is 1.71 bits per heavy atom. The standard InChI is InChI=1S/C6H9ClN2O2.CH2Cl2/c1-2-8-3-4-9(7)6(11)5(8)10;2-1-3/h2-4H2,1H3;1H2.